The molecule has 0 N–H and O–H groups in total. The maximum atomic E-state index is 2.66. The first-order valence-corrected chi connectivity index (χ1v) is 21.7. The van der Waals surface area contributed by atoms with E-state index in [9.17, 15) is 0 Å². The van der Waals surface area contributed by atoms with Crippen molar-refractivity contribution in [2.24, 2.45) is 0 Å². The van der Waals surface area contributed by atoms with E-state index in [1.165, 1.54) is 39.0 Å². The summed E-state index contributed by atoms with van der Waals surface area (Å²) in [5.74, 6) is 0. The zero-order valence-electron chi connectivity index (χ0n) is 26.2. The van der Waals surface area contributed by atoms with E-state index in [-0.39, 0.29) is 5.04 Å². The van der Waals surface area contributed by atoms with Crippen LogP contribution < -0.4 is 15.6 Å². The van der Waals surface area contributed by atoms with Crippen LogP contribution in [-0.2, 0) is 16.6 Å². The standard InChI is InChI=1S/C33H39Si.3CH3.Ti/c1-21-11-22(2)15-30(14-21)34(31-16-23(3)12-24(4)17-31,32-18-25(5)13-26(6)19-32)33(10)20-27(7)28(8)29(33)9;;;;/h11-19H,1-10H3;3*1H3;. The molecule has 0 nitrogen and oxygen atoms in total. The van der Waals surface area contributed by atoms with E-state index in [0.717, 1.165) is 0 Å². The molecule has 1 aliphatic carbocycles. The fraction of sp³-hybridized carbons (Fsp3) is 0.389. The van der Waals surface area contributed by atoms with Gasteiger partial charge in [0.15, 0.2) is 0 Å². The Bertz CT molecular complexity index is 1310. The third-order valence-electron chi connectivity index (χ3n) is 9.21. The first-order chi connectivity index (χ1) is 17.5. The second kappa shape index (κ2) is 9.92. The van der Waals surface area contributed by atoms with Crippen LogP contribution in [0.25, 0.3) is 0 Å². The van der Waals surface area contributed by atoms with Gasteiger partial charge in [0.2, 0.25) is 0 Å². The summed E-state index contributed by atoms with van der Waals surface area (Å²) in [6.07, 6.45) is 0. The predicted octanol–water partition coefficient (Wildman–Crippen LogP) is 8.69. The molecule has 200 valence electrons. The quantitative estimate of drug-likeness (QED) is 0.218. The molecular weight excluding hydrogens is 508 g/mol. The Morgan fingerprint density at radius 1 is 0.474 bits per heavy atom. The van der Waals surface area contributed by atoms with E-state index in [1.54, 1.807) is 30.6 Å². The van der Waals surface area contributed by atoms with Gasteiger partial charge in [0.1, 0.15) is 0 Å². The zero-order chi connectivity index (χ0) is 28.4. The Labute approximate surface area is 237 Å². The molecule has 0 amide bonds. The average molecular weight is 557 g/mol. The third-order valence-corrected chi connectivity index (χ3v) is 18.9. The number of benzene rings is 3. The van der Waals surface area contributed by atoms with E-state index in [0.29, 0.717) is 0 Å². The van der Waals surface area contributed by atoms with Gasteiger partial charge >= 0.3 is 239 Å². The molecular formula is C36H48SiTi. The molecule has 0 heterocycles. The molecule has 4 rings (SSSR count). The molecule has 0 aromatic heterocycles. The molecule has 2 heteroatoms. The summed E-state index contributed by atoms with van der Waals surface area (Å²) in [5.41, 5.74) is 12.9. The van der Waals surface area contributed by atoms with Crippen molar-refractivity contribution in [2.45, 2.75) is 90.0 Å². The molecule has 3 aromatic carbocycles. The summed E-state index contributed by atoms with van der Waals surface area (Å²) in [6.45, 7) is 23.7. The molecule has 38 heavy (non-hydrogen) atoms. The van der Waals surface area contributed by atoms with Crippen molar-refractivity contribution in [3.8, 4) is 0 Å². The van der Waals surface area contributed by atoms with Crippen molar-refractivity contribution in [2.75, 3.05) is 0 Å². The average Bonchev–Trinajstić information content (AvgIpc) is 2.93. The van der Waals surface area contributed by atoms with Crippen LogP contribution in [0.1, 0.15) is 61.1 Å². The Morgan fingerprint density at radius 3 is 1.03 bits per heavy atom. The first kappa shape index (κ1) is 29.1. The number of hydrogen-bond donors (Lipinski definition) is 0. The van der Waals surface area contributed by atoms with Crippen LogP contribution >= 0.6 is 0 Å². The summed E-state index contributed by atoms with van der Waals surface area (Å²) in [6, 6.07) is 22.3. The number of rotatable bonds is 5. The van der Waals surface area contributed by atoms with Crippen molar-refractivity contribution in [3.05, 3.63) is 109 Å². The molecule has 0 aliphatic heterocycles. The van der Waals surface area contributed by atoms with Gasteiger partial charge in [-0.15, -0.1) is 0 Å². The fourth-order valence-corrected chi connectivity index (χ4v) is 21.9. The molecule has 1 unspecified atom stereocenters. The van der Waals surface area contributed by atoms with Gasteiger partial charge in [0.05, 0.1) is 0 Å². The van der Waals surface area contributed by atoms with Gasteiger partial charge in [0.25, 0.3) is 0 Å². The van der Waals surface area contributed by atoms with Gasteiger partial charge in [-0.05, 0) is 0 Å². The van der Waals surface area contributed by atoms with Crippen LogP contribution in [0.2, 0.25) is 20.7 Å². The summed E-state index contributed by atoms with van der Waals surface area (Å²) in [4.78, 5) is 0. The third kappa shape index (κ3) is 4.49. The predicted molar refractivity (Wildman–Crippen MR) is 169 cm³/mol. The zero-order valence-corrected chi connectivity index (χ0v) is 28.8. The summed E-state index contributed by atoms with van der Waals surface area (Å²) >= 11 is -2.34. The van der Waals surface area contributed by atoms with E-state index in [2.05, 4.69) is 140 Å². The van der Waals surface area contributed by atoms with Crippen LogP contribution in [0.3, 0.4) is 0 Å². The van der Waals surface area contributed by atoms with Crippen LogP contribution in [-0.4, -0.2) is 8.07 Å². The molecule has 1 atom stereocenters. The SMILES string of the molecule is CC1=C(C)C(C)([Si](c2cc(C)cc(C)c2)(c2cc(C)cc(C)c2)c2cc(C)cc(C)c2)[C]([Ti]([CH3])([CH3])[CH3])=C1C. The summed E-state index contributed by atoms with van der Waals surface area (Å²) < 4.78 is 1.80. The second-order valence-electron chi connectivity index (χ2n) is 13.5. The molecule has 0 bridgehead atoms. The second-order valence-corrected chi connectivity index (χ2v) is 25.5. The maximum absolute atomic E-state index is 2.69. The topological polar surface area (TPSA) is 0 Å². The van der Waals surface area contributed by atoms with Gasteiger partial charge in [-0.2, -0.15) is 0 Å². The van der Waals surface area contributed by atoms with E-state index >= 15 is 0 Å². The van der Waals surface area contributed by atoms with E-state index in [1.807, 2.05) is 0 Å². The Balaban J connectivity index is 2.39. The normalized spacial score (nSPS) is 18.6. The fourth-order valence-electron chi connectivity index (χ4n) is 8.13. The monoisotopic (exact) mass is 556 g/mol. The van der Waals surface area contributed by atoms with Crippen molar-refractivity contribution < 1.29 is 16.6 Å². The van der Waals surface area contributed by atoms with Crippen molar-refractivity contribution in [1.29, 1.82) is 0 Å². The Morgan fingerprint density at radius 2 is 0.763 bits per heavy atom. The number of allylic oxidation sites excluding steroid dienone is 4. The Hall–Kier alpha value is -1.93. The minimum absolute atomic E-state index is 0.0416. The summed E-state index contributed by atoms with van der Waals surface area (Å²) in [5, 5.41) is 12.5. The van der Waals surface area contributed by atoms with Crippen LogP contribution in [0, 0.1) is 41.5 Å². The molecule has 0 fully saturated rings. The van der Waals surface area contributed by atoms with Gasteiger partial charge in [-0.3, -0.25) is 0 Å². The molecule has 0 saturated heterocycles. The first-order valence-electron chi connectivity index (χ1n) is 14.2. The molecule has 0 saturated carbocycles. The van der Waals surface area contributed by atoms with E-state index in [4.69, 9.17) is 0 Å². The number of hydrogen-bond acceptors (Lipinski definition) is 0. The minimum atomic E-state index is -2.69. The van der Waals surface area contributed by atoms with Crippen LogP contribution in [0.15, 0.2) is 75.2 Å². The number of aryl methyl sites for hydroxylation is 6. The van der Waals surface area contributed by atoms with Crippen molar-refractivity contribution in [1.82, 2.24) is 0 Å². The van der Waals surface area contributed by atoms with Crippen molar-refractivity contribution >= 4 is 23.6 Å². The Kier molecular flexibility index (Phi) is 7.59. The van der Waals surface area contributed by atoms with Crippen molar-refractivity contribution in [3.63, 3.8) is 0 Å². The molecule has 0 spiro atoms. The van der Waals surface area contributed by atoms with E-state index < -0.39 is 24.7 Å². The molecule has 3 aromatic rings. The van der Waals surface area contributed by atoms with Crippen LogP contribution in [0.4, 0.5) is 0 Å². The van der Waals surface area contributed by atoms with Gasteiger partial charge in [-0.25, -0.2) is 0 Å². The van der Waals surface area contributed by atoms with Gasteiger partial charge in [0, 0.05) is 0 Å². The molecule has 1 aliphatic rings. The van der Waals surface area contributed by atoms with Gasteiger partial charge < -0.3 is 0 Å². The summed E-state index contributed by atoms with van der Waals surface area (Å²) in [7, 11) is -2.69. The van der Waals surface area contributed by atoms with Crippen LogP contribution in [0.5, 0.6) is 0 Å². The molecule has 0 radical (unpaired) electrons. The van der Waals surface area contributed by atoms with Gasteiger partial charge in [-0.1, -0.05) is 0 Å².